The molecule has 0 aliphatic heterocycles. The molecule has 21 heavy (non-hydrogen) atoms. The molecule has 1 heterocycles. The van der Waals surface area contributed by atoms with Crippen molar-refractivity contribution in [1.29, 1.82) is 0 Å². The molecule has 0 unspecified atom stereocenters. The lowest BCUT2D eigenvalue weighted by atomic mass is 10.2. The van der Waals surface area contributed by atoms with Gasteiger partial charge in [0.15, 0.2) is 11.6 Å². The van der Waals surface area contributed by atoms with Gasteiger partial charge in [-0.05, 0) is 30.3 Å². The van der Waals surface area contributed by atoms with Crippen molar-refractivity contribution in [3.05, 3.63) is 48.2 Å². The van der Waals surface area contributed by atoms with Gasteiger partial charge in [-0.1, -0.05) is 6.07 Å². The highest BCUT2D eigenvalue weighted by Gasteiger charge is 2.31. The van der Waals surface area contributed by atoms with Crippen LogP contribution in [0.2, 0.25) is 0 Å². The average Bonchev–Trinajstić information content (AvgIpc) is 2.40. The van der Waals surface area contributed by atoms with Gasteiger partial charge in [0.2, 0.25) is 0 Å². The topological polar surface area (TPSA) is 79.3 Å². The van der Waals surface area contributed by atoms with E-state index in [1.54, 1.807) is 0 Å². The van der Waals surface area contributed by atoms with Crippen molar-refractivity contribution in [2.45, 2.75) is 11.1 Å². The maximum Gasteiger partial charge on any atom is 0.416 e. The fourth-order valence-electron chi connectivity index (χ4n) is 1.50. The second-order valence-electron chi connectivity index (χ2n) is 4.00. The van der Waals surface area contributed by atoms with Gasteiger partial charge in [0.05, 0.1) is 10.5 Å². The van der Waals surface area contributed by atoms with Crippen LogP contribution in [0.3, 0.4) is 0 Å². The Balaban J connectivity index is 2.39. The van der Waals surface area contributed by atoms with Crippen LogP contribution < -0.4 is 4.72 Å². The van der Waals surface area contributed by atoms with Crippen LogP contribution >= 0.6 is 0 Å². The van der Waals surface area contributed by atoms with Crippen LogP contribution in [-0.4, -0.2) is 18.5 Å². The number of anilines is 1. The number of aromatic nitrogens is 1. The van der Waals surface area contributed by atoms with Crippen molar-refractivity contribution in [2.24, 2.45) is 0 Å². The molecule has 5 nitrogen and oxygen atoms in total. The number of sulfonamides is 1. The predicted octanol–water partition coefficient (Wildman–Crippen LogP) is 2.61. The van der Waals surface area contributed by atoms with E-state index in [1.807, 2.05) is 4.72 Å². The molecule has 0 saturated heterocycles. The monoisotopic (exact) mass is 318 g/mol. The number of aromatic hydroxyl groups is 1. The minimum Gasteiger partial charge on any atom is -0.504 e. The molecule has 0 amide bonds. The van der Waals surface area contributed by atoms with Crippen LogP contribution in [0.25, 0.3) is 0 Å². The molecule has 2 rings (SSSR count). The molecule has 0 bridgehead atoms. The summed E-state index contributed by atoms with van der Waals surface area (Å²) in [7, 11) is -4.29. The Morgan fingerprint density at radius 3 is 2.48 bits per heavy atom. The molecule has 1 aromatic carbocycles. The Bertz CT molecular complexity index is 760. The number of nitrogens with zero attached hydrogens (tertiary/aromatic N) is 1. The van der Waals surface area contributed by atoms with E-state index in [-0.39, 0.29) is 5.82 Å². The molecule has 0 radical (unpaired) electrons. The summed E-state index contributed by atoms with van der Waals surface area (Å²) in [6.07, 6.45) is -3.43. The Morgan fingerprint density at radius 1 is 1.14 bits per heavy atom. The van der Waals surface area contributed by atoms with Crippen molar-refractivity contribution >= 4 is 15.8 Å². The molecule has 0 atom stereocenters. The minimum atomic E-state index is -4.65. The van der Waals surface area contributed by atoms with Crippen LogP contribution in [0, 0.1) is 0 Å². The van der Waals surface area contributed by atoms with Crippen LogP contribution in [-0.2, 0) is 16.2 Å². The Kier molecular flexibility index (Phi) is 3.77. The molecule has 0 aliphatic carbocycles. The SMILES string of the molecule is O=S(=O)(Nc1ncccc1O)c1cccc(C(F)(F)F)c1. The quantitative estimate of drug-likeness (QED) is 0.912. The summed E-state index contributed by atoms with van der Waals surface area (Å²) in [5.41, 5.74) is -1.09. The van der Waals surface area contributed by atoms with Crippen LogP contribution in [0.15, 0.2) is 47.5 Å². The summed E-state index contributed by atoms with van der Waals surface area (Å²) in [6.45, 7) is 0. The lowest BCUT2D eigenvalue weighted by molar-refractivity contribution is -0.137. The zero-order valence-corrected chi connectivity index (χ0v) is 11.1. The summed E-state index contributed by atoms with van der Waals surface area (Å²) in [5, 5.41) is 9.44. The summed E-state index contributed by atoms with van der Waals surface area (Å²) in [6, 6.07) is 5.82. The van der Waals surface area contributed by atoms with Gasteiger partial charge in [-0.3, -0.25) is 4.72 Å². The third kappa shape index (κ3) is 3.43. The number of alkyl halides is 3. The molecule has 0 fully saturated rings. The number of nitrogens with one attached hydrogen (secondary N) is 1. The first kappa shape index (κ1) is 15.1. The molecular formula is C12H9F3N2O3S. The van der Waals surface area contributed by atoms with Crippen LogP contribution in [0.1, 0.15) is 5.56 Å². The predicted molar refractivity (Wildman–Crippen MR) is 68.2 cm³/mol. The maximum absolute atomic E-state index is 12.6. The van der Waals surface area contributed by atoms with Crippen LogP contribution in [0.5, 0.6) is 5.75 Å². The van der Waals surface area contributed by atoms with Gasteiger partial charge in [-0.15, -0.1) is 0 Å². The highest BCUT2D eigenvalue weighted by atomic mass is 32.2. The molecule has 9 heteroatoms. The summed E-state index contributed by atoms with van der Waals surface area (Å²) in [4.78, 5) is 3.02. The second kappa shape index (κ2) is 5.24. The van der Waals surface area contributed by atoms with E-state index in [9.17, 15) is 26.7 Å². The van der Waals surface area contributed by atoms with Gasteiger partial charge in [0.25, 0.3) is 10.0 Å². The van der Waals surface area contributed by atoms with Gasteiger partial charge in [0.1, 0.15) is 0 Å². The Labute approximate surface area is 118 Å². The van der Waals surface area contributed by atoms with E-state index in [2.05, 4.69) is 4.98 Å². The first-order valence-corrected chi connectivity index (χ1v) is 7.02. The zero-order chi connectivity index (χ0) is 15.7. The number of hydrogen-bond donors (Lipinski definition) is 2. The highest BCUT2D eigenvalue weighted by molar-refractivity contribution is 7.92. The third-order valence-electron chi connectivity index (χ3n) is 2.49. The number of halogens is 3. The fraction of sp³-hybridized carbons (Fsp3) is 0.0833. The molecule has 0 spiro atoms. The van der Waals surface area contributed by atoms with E-state index in [0.29, 0.717) is 6.07 Å². The van der Waals surface area contributed by atoms with E-state index in [0.717, 1.165) is 18.2 Å². The number of rotatable bonds is 3. The van der Waals surface area contributed by atoms with Crippen molar-refractivity contribution in [2.75, 3.05) is 4.72 Å². The normalized spacial score (nSPS) is 12.1. The molecule has 0 aliphatic rings. The van der Waals surface area contributed by atoms with Gasteiger partial charge >= 0.3 is 6.18 Å². The Morgan fingerprint density at radius 2 is 1.86 bits per heavy atom. The molecule has 2 N–H and O–H groups in total. The van der Waals surface area contributed by atoms with E-state index in [4.69, 9.17) is 0 Å². The van der Waals surface area contributed by atoms with Crippen LogP contribution in [0.4, 0.5) is 19.0 Å². The highest BCUT2D eigenvalue weighted by Crippen LogP contribution is 2.31. The van der Waals surface area contributed by atoms with Crippen molar-refractivity contribution in [3.63, 3.8) is 0 Å². The van der Waals surface area contributed by atoms with Gasteiger partial charge < -0.3 is 5.11 Å². The van der Waals surface area contributed by atoms with Crippen molar-refractivity contribution < 1.29 is 26.7 Å². The third-order valence-corrected chi connectivity index (χ3v) is 3.83. The first-order valence-electron chi connectivity index (χ1n) is 5.54. The number of hydrogen-bond acceptors (Lipinski definition) is 4. The Hall–Kier alpha value is -2.29. The molecule has 112 valence electrons. The van der Waals surface area contributed by atoms with Crippen molar-refractivity contribution in [1.82, 2.24) is 4.98 Å². The van der Waals surface area contributed by atoms with Gasteiger partial charge in [0, 0.05) is 6.20 Å². The fourth-order valence-corrected chi connectivity index (χ4v) is 2.57. The second-order valence-corrected chi connectivity index (χ2v) is 5.68. The zero-order valence-electron chi connectivity index (χ0n) is 10.3. The standard InChI is InChI=1S/C12H9F3N2O3S/c13-12(14,15)8-3-1-4-9(7-8)21(19,20)17-11-10(18)5-2-6-16-11/h1-7,18H,(H,16,17). The van der Waals surface area contributed by atoms with Crippen molar-refractivity contribution in [3.8, 4) is 5.75 Å². The smallest absolute Gasteiger partial charge is 0.416 e. The maximum atomic E-state index is 12.6. The molecule has 1 aromatic heterocycles. The molecular weight excluding hydrogens is 309 g/mol. The summed E-state index contributed by atoms with van der Waals surface area (Å²) < 4.78 is 63.7. The first-order chi connectivity index (χ1) is 9.70. The van der Waals surface area contributed by atoms with Gasteiger partial charge in [-0.25, -0.2) is 13.4 Å². The average molecular weight is 318 g/mol. The van der Waals surface area contributed by atoms with E-state index >= 15 is 0 Å². The lowest BCUT2D eigenvalue weighted by Crippen LogP contribution is -2.15. The lowest BCUT2D eigenvalue weighted by Gasteiger charge is -2.11. The largest absolute Gasteiger partial charge is 0.504 e. The summed E-state index contributed by atoms with van der Waals surface area (Å²) >= 11 is 0. The van der Waals surface area contributed by atoms with E-state index in [1.165, 1.54) is 18.3 Å². The van der Waals surface area contributed by atoms with E-state index < -0.39 is 32.4 Å². The summed E-state index contributed by atoms with van der Waals surface area (Å²) in [5.74, 6) is -0.803. The number of benzene rings is 1. The molecule has 2 aromatic rings. The number of pyridine rings is 1. The molecule has 0 saturated carbocycles. The van der Waals surface area contributed by atoms with Gasteiger partial charge in [-0.2, -0.15) is 13.2 Å². The minimum absolute atomic E-state index is 0.366.